The quantitative estimate of drug-likeness (QED) is 0.426. The fraction of sp³-hybridized carbons (Fsp3) is 1.00. The van der Waals surface area contributed by atoms with E-state index in [9.17, 15) is 10.2 Å². The standard InChI is InChI=1S/C7H13BO6/c1-8-13-5-3(2-9)12-7(11)4(10)6(5)14-8/h3-7,9-11H,2H2,1H3/t3?,4?,5-,6?,7?/m0/s1. The number of hydrogen-bond acceptors (Lipinski definition) is 6. The van der Waals surface area contributed by atoms with Gasteiger partial charge in [0.05, 0.1) is 12.7 Å². The van der Waals surface area contributed by atoms with E-state index >= 15 is 0 Å². The van der Waals surface area contributed by atoms with Crippen molar-refractivity contribution in [1.29, 1.82) is 0 Å². The van der Waals surface area contributed by atoms with Gasteiger partial charge in [0, 0.05) is 0 Å². The van der Waals surface area contributed by atoms with E-state index in [4.69, 9.17) is 19.2 Å². The van der Waals surface area contributed by atoms with Crippen molar-refractivity contribution in [3.63, 3.8) is 0 Å². The van der Waals surface area contributed by atoms with Crippen LogP contribution >= 0.6 is 0 Å². The lowest BCUT2D eigenvalue weighted by molar-refractivity contribution is -0.264. The van der Waals surface area contributed by atoms with Gasteiger partial charge in [-0.15, -0.1) is 0 Å². The fourth-order valence-electron chi connectivity index (χ4n) is 1.85. The van der Waals surface area contributed by atoms with Crippen LogP contribution in [0.25, 0.3) is 0 Å². The Morgan fingerprint density at radius 2 is 1.86 bits per heavy atom. The van der Waals surface area contributed by atoms with E-state index in [0.29, 0.717) is 0 Å². The van der Waals surface area contributed by atoms with Crippen molar-refractivity contribution in [2.75, 3.05) is 6.61 Å². The molecule has 2 aliphatic heterocycles. The number of fused-ring (bicyclic) bond motifs is 1. The Morgan fingerprint density at radius 1 is 1.21 bits per heavy atom. The van der Waals surface area contributed by atoms with Crippen molar-refractivity contribution in [2.45, 2.75) is 37.5 Å². The molecule has 0 aromatic carbocycles. The zero-order chi connectivity index (χ0) is 10.3. The summed E-state index contributed by atoms with van der Waals surface area (Å²) in [7, 11) is -0.456. The minimum absolute atomic E-state index is 0.277. The highest BCUT2D eigenvalue weighted by atomic mass is 16.7. The first-order valence-electron chi connectivity index (χ1n) is 4.57. The second-order valence-corrected chi connectivity index (χ2v) is 3.51. The molecule has 2 fully saturated rings. The average molecular weight is 204 g/mol. The molecular weight excluding hydrogens is 191 g/mol. The molecule has 2 saturated heterocycles. The van der Waals surface area contributed by atoms with Crippen LogP contribution in [0, 0.1) is 0 Å². The molecule has 2 heterocycles. The van der Waals surface area contributed by atoms with Gasteiger partial charge in [0.1, 0.15) is 18.3 Å². The summed E-state index contributed by atoms with van der Waals surface area (Å²) in [5.41, 5.74) is 0. The molecule has 4 unspecified atom stereocenters. The minimum atomic E-state index is -1.33. The number of aliphatic hydroxyl groups is 3. The average Bonchev–Trinajstić information content (AvgIpc) is 2.54. The van der Waals surface area contributed by atoms with Crippen molar-refractivity contribution < 1.29 is 29.4 Å². The highest BCUT2D eigenvalue weighted by Gasteiger charge is 2.51. The topological polar surface area (TPSA) is 88.4 Å². The lowest BCUT2D eigenvalue weighted by atomic mass is 9.97. The molecule has 14 heavy (non-hydrogen) atoms. The Morgan fingerprint density at radius 3 is 2.50 bits per heavy atom. The van der Waals surface area contributed by atoms with Crippen molar-refractivity contribution in [1.82, 2.24) is 0 Å². The third-order valence-electron chi connectivity index (χ3n) is 2.51. The molecule has 6 nitrogen and oxygen atoms in total. The van der Waals surface area contributed by atoms with E-state index in [2.05, 4.69) is 0 Å². The summed E-state index contributed by atoms with van der Waals surface area (Å²) in [4.78, 5) is 0. The van der Waals surface area contributed by atoms with Crippen LogP contribution in [0.5, 0.6) is 0 Å². The zero-order valence-electron chi connectivity index (χ0n) is 7.74. The molecule has 0 aromatic heterocycles. The second-order valence-electron chi connectivity index (χ2n) is 3.51. The first-order chi connectivity index (χ1) is 6.63. The molecule has 80 valence electrons. The maximum absolute atomic E-state index is 9.52. The minimum Gasteiger partial charge on any atom is -0.403 e. The SMILES string of the molecule is CB1OC2C(O)C(O)OC(CO)[C@@H]2O1. The van der Waals surface area contributed by atoms with Gasteiger partial charge in [-0.2, -0.15) is 0 Å². The summed E-state index contributed by atoms with van der Waals surface area (Å²) in [5, 5.41) is 27.8. The van der Waals surface area contributed by atoms with Crippen molar-refractivity contribution in [2.24, 2.45) is 0 Å². The molecule has 0 amide bonds. The zero-order valence-corrected chi connectivity index (χ0v) is 7.74. The largest absolute Gasteiger partial charge is 0.454 e. The monoisotopic (exact) mass is 204 g/mol. The Labute approximate surface area is 81.5 Å². The number of ether oxygens (including phenoxy) is 1. The number of rotatable bonds is 1. The molecule has 5 atom stereocenters. The summed E-state index contributed by atoms with van der Waals surface area (Å²) >= 11 is 0. The molecule has 2 aliphatic rings. The van der Waals surface area contributed by atoms with Crippen LogP contribution in [0.4, 0.5) is 0 Å². The van der Waals surface area contributed by atoms with Gasteiger partial charge in [-0.3, -0.25) is 0 Å². The van der Waals surface area contributed by atoms with Crippen LogP contribution in [0.2, 0.25) is 6.82 Å². The molecular formula is C7H13BO6. The predicted octanol–water partition coefficient (Wildman–Crippen LogP) is -2.04. The van der Waals surface area contributed by atoms with Crippen LogP contribution in [0.15, 0.2) is 0 Å². The van der Waals surface area contributed by atoms with Gasteiger partial charge in [0.2, 0.25) is 0 Å². The van der Waals surface area contributed by atoms with Gasteiger partial charge in [-0.05, 0) is 6.82 Å². The van der Waals surface area contributed by atoms with Crippen molar-refractivity contribution >= 4 is 7.12 Å². The van der Waals surface area contributed by atoms with Gasteiger partial charge >= 0.3 is 7.12 Å². The summed E-state index contributed by atoms with van der Waals surface area (Å²) in [6, 6.07) is 0. The Balaban J connectivity index is 2.13. The van der Waals surface area contributed by atoms with E-state index in [1.165, 1.54) is 0 Å². The second kappa shape index (κ2) is 3.76. The highest BCUT2D eigenvalue weighted by Crippen LogP contribution is 2.30. The molecule has 0 spiro atoms. The van der Waals surface area contributed by atoms with Gasteiger partial charge < -0.3 is 29.4 Å². The lowest BCUT2D eigenvalue weighted by Crippen LogP contribution is -2.57. The molecule has 2 rings (SSSR count). The van der Waals surface area contributed by atoms with Crippen LogP contribution in [0.1, 0.15) is 0 Å². The lowest BCUT2D eigenvalue weighted by Gasteiger charge is -2.37. The molecule has 0 radical (unpaired) electrons. The molecule has 0 aromatic rings. The highest BCUT2D eigenvalue weighted by molar-refractivity contribution is 6.43. The van der Waals surface area contributed by atoms with Gasteiger partial charge in [-0.25, -0.2) is 0 Å². The third-order valence-corrected chi connectivity index (χ3v) is 2.51. The van der Waals surface area contributed by atoms with E-state index in [1.807, 2.05) is 0 Å². The summed E-state index contributed by atoms with van der Waals surface area (Å²) in [6.45, 7) is 1.41. The van der Waals surface area contributed by atoms with Gasteiger partial charge in [-0.1, -0.05) is 0 Å². The molecule has 0 bridgehead atoms. The molecule has 0 aliphatic carbocycles. The van der Waals surface area contributed by atoms with Gasteiger partial charge in [0.25, 0.3) is 0 Å². The maximum Gasteiger partial charge on any atom is 0.454 e. The van der Waals surface area contributed by atoms with Crippen LogP contribution < -0.4 is 0 Å². The van der Waals surface area contributed by atoms with E-state index in [1.54, 1.807) is 6.82 Å². The number of hydrogen-bond donors (Lipinski definition) is 3. The summed E-state index contributed by atoms with van der Waals surface area (Å²) in [6.07, 6.45) is -4.27. The first-order valence-corrected chi connectivity index (χ1v) is 4.57. The Kier molecular flexibility index (Phi) is 2.78. The first kappa shape index (κ1) is 10.3. The molecule has 3 N–H and O–H groups in total. The maximum atomic E-state index is 9.52. The molecule has 7 heteroatoms. The predicted molar refractivity (Wildman–Crippen MR) is 45.3 cm³/mol. The van der Waals surface area contributed by atoms with Crippen LogP contribution in [-0.4, -0.2) is 59.8 Å². The van der Waals surface area contributed by atoms with Crippen molar-refractivity contribution in [3.05, 3.63) is 0 Å². The van der Waals surface area contributed by atoms with Crippen molar-refractivity contribution in [3.8, 4) is 0 Å². The van der Waals surface area contributed by atoms with E-state index in [-0.39, 0.29) is 6.61 Å². The third kappa shape index (κ3) is 1.56. The normalized spacial score (nSPS) is 48.0. The van der Waals surface area contributed by atoms with E-state index in [0.717, 1.165) is 0 Å². The fourth-order valence-corrected chi connectivity index (χ4v) is 1.85. The smallest absolute Gasteiger partial charge is 0.403 e. The molecule has 0 saturated carbocycles. The van der Waals surface area contributed by atoms with Crippen LogP contribution in [-0.2, 0) is 14.0 Å². The number of aliphatic hydroxyl groups excluding tert-OH is 3. The van der Waals surface area contributed by atoms with Crippen LogP contribution in [0.3, 0.4) is 0 Å². The summed E-state index contributed by atoms with van der Waals surface area (Å²) in [5.74, 6) is 0. The Hall–Kier alpha value is -0.175. The van der Waals surface area contributed by atoms with Gasteiger partial charge in [0.15, 0.2) is 6.29 Å². The Bertz CT molecular complexity index is 208. The summed E-state index contributed by atoms with van der Waals surface area (Å²) < 4.78 is 15.5. The van der Waals surface area contributed by atoms with E-state index < -0.39 is 37.8 Å².